The van der Waals surface area contributed by atoms with Gasteiger partial charge < -0.3 is 9.73 Å². The topological polar surface area (TPSA) is 60.1 Å². The molecule has 2 heterocycles. The van der Waals surface area contributed by atoms with E-state index in [0.717, 1.165) is 0 Å². The lowest BCUT2D eigenvalue weighted by Gasteiger charge is -2.05. The molecule has 0 fully saturated rings. The molecule has 5 nitrogen and oxygen atoms in total. The number of halogens is 1. The molecule has 6 heteroatoms. The normalized spacial score (nSPS) is 10.6. The molecule has 1 N–H and O–H groups in total. The maximum atomic E-state index is 12.1. The van der Waals surface area contributed by atoms with Gasteiger partial charge in [-0.05, 0) is 26.0 Å². The summed E-state index contributed by atoms with van der Waals surface area (Å²) in [5, 5.41) is 7.34. The van der Waals surface area contributed by atoms with E-state index < -0.39 is 0 Å². The quantitative estimate of drug-likeness (QED) is 0.925. The highest BCUT2D eigenvalue weighted by Gasteiger charge is 2.19. The first-order valence-electron chi connectivity index (χ1n) is 5.67. The van der Waals surface area contributed by atoms with Crippen LogP contribution in [0.1, 0.15) is 28.9 Å². The average Bonchev–Trinajstić information content (AvgIpc) is 2.96. The van der Waals surface area contributed by atoms with Gasteiger partial charge in [0.25, 0.3) is 5.91 Å². The molecule has 0 radical (unpaired) electrons. The number of nitrogens with one attached hydrogen (secondary N) is 1. The summed E-state index contributed by atoms with van der Waals surface area (Å²) in [5.74, 6) is 0.442. The Kier molecular flexibility index (Phi) is 3.72. The largest absolute Gasteiger partial charge is 0.467 e. The van der Waals surface area contributed by atoms with Crippen LogP contribution in [0.2, 0.25) is 5.02 Å². The summed E-state index contributed by atoms with van der Waals surface area (Å²) in [7, 11) is 0. The third kappa shape index (κ3) is 2.41. The summed E-state index contributed by atoms with van der Waals surface area (Å²) in [6, 6.07) is 3.57. The molecule has 2 aromatic rings. The zero-order valence-corrected chi connectivity index (χ0v) is 11.0. The van der Waals surface area contributed by atoms with Crippen molar-refractivity contribution >= 4 is 17.5 Å². The minimum atomic E-state index is -0.251. The van der Waals surface area contributed by atoms with Crippen molar-refractivity contribution in [1.29, 1.82) is 0 Å². The number of carbonyl (C=O) groups excluding carboxylic acids is 1. The minimum absolute atomic E-state index is 0.251. The molecule has 0 aliphatic rings. The Morgan fingerprint density at radius 3 is 3.00 bits per heavy atom. The van der Waals surface area contributed by atoms with Crippen molar-refractivity contribution in [2.24, 2.45) is 0 Å². The molecule has 0 spiro atoms. The summed E-state index contributed by atoms with van der Waals surface area (Å²) in [4.78, 5) is 12.1. The third-order valence-electron chi connectivity index (χ3n) is 2.57. The second-order valence-electron chi connectivity index (χ2n) is 3.83. The molecule has 0 atom stereocenters. The molecule has 0 saturated carbocycles. The number of rotatable bonds is 4. The Bertz CT molecular complexity index is 546. The van der Waals surface area contributed by atoms with Crippen LogP contribution in [-0.2, 0) is 13.1 Å². The first-order chi connectivity index (χ1) is 8.63. The van der Waals surface area contributed by atoms with Crippen LogP contribution in [0.4, 0.5) is 0 Å². The van der Waals surface area contributed by atoms with E-state index in [0.29, 0.717) is 35.3 Å². The molecule has 2 aromatic heterocycles. The number of aryl methyl sites for hydroxylation is 2. The maximum absolute atomic E-state index is 12.1. The highest BCUT2D eigenvalue weighted by Crippen LogP contribution is 2.20. The van der Waals surface area contributed by atoms with Crippen LogP contribution in [0.25, 0.3) is 0 Å². The predicted molar refractivity (Wildman–Crippen MR) is 67.5 cm³/mol. The van der Waals surface area contributed by atoms with Gasteiger partial charge in [0, 0.05) is 6.54 Å². The van der Waals surface area contributed by atoms with Crippen molar-refractivity contribution in [3.05, 3.63) is 40.6 Å². The Balaban J connectivity index is 2.13. The summed E-state index contributed by atoms with van der Waals surface area (Å²) >= 11 is 6.08. The van der Waals surface area contributed by atoms with Crippen LogP contribution in [0.5, 0.6) is 0 Å². The van der Waals surface area contributed by atoms with Crippen LogP contribution >= 0.6 is 11.6 Å². The van der Waals surface area contributed by atoms with Gasteiger partial charge in [-0.3, -0.25) is 9.48 Å². The van der Waals surface area contributed by atoms with Crippen molar-refractivity contribution in [2.75, 3.05) is 0 Å². The molecule has 2 rings (SSSR count). The lowest BCUT2D eigenvalue weighted by molar-refractivity contribution is 0.0937. The van der Waals surface area contributed by atoms with E-state index in [2.05, 4.69) is 10.4 Å². The maximum Gasteiger partial charge on any atom is 0.271 e. The third-order valence-corrected chi connectivity index (χ3v) is 3.02. The van der Waals surface area contributed by atoms with Crippen LogP contribution in [0, 0.1) is 6.92 Å². The molecule has 18 heavy (non-hydrogen) atoms. The van der Waals surface area contributed by atoms with Gasteiger partial charge in [-0.25, -0.2) is 0 Å². The Hall–Kier alpha value is -1.75. The fraction of sp³-hybridized carbons (Fsp3) is 0.333. The number of hydrogen-bond acceptors (Lipinski definition) is 3. The lowest BCUT2D eigenvalue weighted by atomic mass is 10.3. The van der Waals surface area contributed by atoms with Crippen LogP contribution in [-0.4, -0.2) is 15.7 Å². The molecular weight excluding hydrogens is 254 g/mol. The standard InChI is InChI=1S/C12H14ClN3O2/c1-3-16-11(10(13)8(2)15-16)12(17)14-7-9-5-4-6-18-9/h4-6H,3,7H2,1-2H3,(H,14,17). The van der Waals surface area contributed by atoms with Gasteiger partial charge >= 0.3 is 0 Å². The molecule has 0 aliphatic carbocycles. The second-order valence-corrected chi connectivity index (χ2v) is 4.20. The SMILES string of the molecule is CCn1nc(C)c(Cl)c1C(=O)NCc1ccco1. The molecule has 1 amide bonds. The zero-order chi connectivity index (χ0) is 13.1. The fourth-order valence-corrected chi connectivity index (χ4v) is 1.89. The van der Waals surface area contributed by atoms with E-state index in [1.165, 1.54) is 0 Å². The second kappa shape index (κ2) is 5.27. The van der Waals surface area contributed by atoms with Gasteiger partial charge in [0.1, 0.15) is 11.5 Å². The summed E-state index contributed by atoms with van der Waals surface area (Å²) < 4.78 is 6.73. The van der Waals surface area contributed by atoms with E-state index in [1.54, 1.807) is 30.0 Å². The number of amides is 1. The highest BCUT2D eigenvalue weighted by atomic mass is 35.5. The van der Waals surface area contributed by atoms with Crippen LogP contribution < -0.4 is 5.32 Å². The number of carbonyl (C=O) groups is 1. The van der Waals surface area contributed by atoms with Gasteiger partial charge in [0.2, 0.25) is 0 Å². The fourth-order valence-electron chi connectivity index (χ4n) is 1.67. The van der Waals surface area contributed by atoms with E-state index in [4.69, 9.17) is 16.0 Å². The van der Waals surface area contributed by atoms with E-state index in [1.807, 2.05) is 6.92 Å². The summed E-state index contributed by atoms with van der Waals surface area (Å²) in [5.41, 5.74) is 1.05. The van der Waals surface area contributed by atoms with Gasteiger partial charge in [-0.15, -0.1) is 0 Å². The molecular formula is C12H14ClN3O2. The average molecular weight is 268 g/mol. The van der Waals surface area contributed by atoms with Gasteiger partial charge in [0.15, 0.2) is 0 Å². The van der Waals surface area contributed by atoms with E-state index >= 15 is 0 Å². The van der Waals surface area contributed by atoms with Crippen molar-refractivity contribution in [3.63, 3.8) is 0 Å². The molecule has 0 aromatic carbocycles. The van der Waals surface area contributed by atoms with Crippen LogP contribution in [0.3, 0.4) is 0 Å². The lowest BCUT2D eigenvalue weighted by Crippen LogP contribution is -2.25. The van der Waals surface area contributed by atoms with Gasteiger partial charge in [-0.2, -0.15) is 5.10 Å². The molecule has 96 valence electrons. The minimum Gasteiger partial charge on any atom is -0.467 e. The Morgan fingerprint density at radius 1 is 1.61 bits per heavy atom. The van der Waals surface area contributed by atoms with E-state index in [9.17, 15) is 4.79 Å². The summed E-state index contributed by atoms with van der Waals surface area (Å²) in [6.07, 6.45) is 1.56. The highest BCUT2D eigenvalue weighted by molar-refractivity contribution is 6.34. The van der Waals surface area contributed by atoms with E-state index in [-0.39, 0.29) is 5.91 Å². The van der Waals surface area contributed by atoms with Gasteiger partial charge in [0.05, 0.1) is 23.5 Å². The van der Waals surface area contributed by atoms with Crippen LogP contribution in [0.15, 0.2) is 22.8 Å². The molecule has 0 saturated heterocycles. The molecule has 0 unspecified atom stereocenters. The Labute approximate surface area is 110 Å². The van der Waals surface area contributed by atoms with Crippen molar-refractivity contribution in [1.82, 2.24) is 15.1 Å². The Morgan fingerprint density at radius 2 is 2.39 bits per heavy atom. The number of aromatic nitrogens is 2. The van der Waals surface area contributed by atoms with Crippen molar-refractivity contribution < 1.29 is 9.21 Å². The first kappa shape index (κ1) is 12.7. The van der Waals surface area contributed by atoms with Gasteiger partial charge in [-0.1, -0.05) is 11.6 Å². The summed E-state index contributed by atoms with van der Waals surface area (Å²) in [6.45, 7) is 4.61. The number of hydrogen-bond donors (Lipinski definition) is 1. The molecule has 0 aliphatic heterocycles. The first-order valence-corrected chi connectivity index (χ1v) is 6.04. The predicted octanol–water partition coefficient (Wildman–Crippen LogP) is 2.39. The number of nitrogens with zero attached hydrogens (tertiary/aromatic N) is 2. The van der Waals surface area contributed by atoms with Crippen molar-refractivity contribution in [2.45, 2.75) is 26.9 Å². The number of furan rings is 1. The zero-order valence-electron chi connectivity index (χ0n) is 10.2. The smallest absolute Gasteiger partial charge is 0.271 e. The van der Waals surface area contributed by atoms with Crippen molar-refractivity contribution in [3.8, 4) is 0 Å². The molecule has 0 bridgehead atoms. The monoisotopic (exact) mass is 267 g/mol.